The van der Waals surface area contributed by atoms with Crippen molar-refractivity contribution in [3.8, 4) is 0 Å². The van der Waals surface area contributed by atoms with Crippen molar-refractivity contribution in [1.82, 2.24) is 0 Å². The van der Waals surface area contributed by atoms with Crippen LogP contribution in [-0.4, -0.2) is 0 Å². The van der Waals surface area contributed by atoms with Gasteiger partial charge in [0.1, 0.15) is 0 Å². The van der Waals surface area contributed by atoms with Gasteiger partial charge in [0.2, 0.25) is 0 Å². The van der Waals surface area contributed by atoms with Gasteiger partial charge in [-0.1, -0.05) is 31.9 Å². The summed E-state index contributed by atoms with van der Waals surface area (Å²) in [5.74, 6) is 0. The van der Waals surface area contributed by atoms with E-state index in [1.165, 1.54) is 12.8 Å². The number of nitrogen functional groups attached to an aromatic ring is 1. The number of hydrogen-bond acceptors (Lipinski definition) is 2. The summed E-state index contributed by atoms with van der Waals surface area (Å²) < 4.78 is 0. The molecule has 0 aliphatic carbocycles. The molecule has 1 rings (SSSR count). The van der Waals surface area contributed by atoms with Gasteiger partial charge in [0.25, 0.3) is 0 Å². The lowest BCUT2D eigenvalue weighted by molar-refractivity contribution is 0.603. The van der Waals surface area contributed by atoms with E-state index in [2.05, 4.69) is 6.92 Å². The van der Waals surface area contributed by atoms with Crippen molar-refractivity contribution in [2.45, 2.75) is 32.2 Å². The van der Waals surface area contributed by atoms with E-state index < -0.39 is 0 Å². The van der Waals surface area contributed by atoms with Crippen LogP contribution in [0.4, 0.5) is 5.69 Å². The third-order valence-corrected chi connectivity index (χ3v) is 2.21. The molecule has 0 aromatic heterocycles. The van der Waals surface area contributed by atoms with E-state index in [4.69, 9.17) is 11.5 Å². The van der Waals surface area contributed by atoms with E-state index in [9.17, 15) is 0 Å². The Kier molecular flexibility index (Phi) is 3.77. The molecule has 0 saturated heterocycles. The largest absolute Gasteiger partial charge is 0.399 e. The lowest BCUT2D eigenvalue weighted by atomic mass is 10.0. The second kappa shape index (κ2) is 4.87. The van der Waals surface area contributed by atoms with Crippen molar-refractivity contribution < 1.29 is 0 Å². The van der Waals surface area contributed by atoms with Gasteiger partial charge in [0, 0.05) is 11.7 Å². The Balaban J connectivity index is 2.60. The monoisotopic (exact) mass is 178 g/mol. The predicted molar refractivity (Wildman–Crippen MR) is 57.3 cm³/mol. The van der Waals surface area contributed by atoms with E-state index in [1.54, 1.807) is 0 Å². The molecule has 72 valence electrons. The maximum Gasteiger partial charge on any atom is 0.0317 e. The van der Waals surface area contributed by atoms with Gasteiger partial charge >= 0.3 is 0 Å². The van der Waals surface area contributed by atoms with Crippen LogP contribution in [0.3, 0.4) is 0 Å². The van der Waals surface area contributed by atoms with Gasteiger partial charge in [0.05, 0.1) is 0 Å². The fourth-order valence-corrected chi connectivity index (χ4v) is 1.38. The lowest BCUT2D eigenvalue weighted by Gasteiger charge is -2.11. The molecule has 2 heteroatoms. The van der Waals surface area contributed by atoms with Crippen molar-refractivity contribution in [1.29, 1.82) is 0 Å². The highest BCUT2D eigenvalue weighted by Gasteiger charge is 2.04. The average Bonchev–Trinajstić information content (AvgIpc) is 2.14. The van der Waals surface area contributed by atoms with E-state index in [0.29, 0.717) is 0 Å². The fourth-order valence-electron chi connectivity index (χ4n) is 1.38. The van der Waals surface area contributed by atoms with Gasteiger partial charge in [-0.05, 0) is 24.1 Å². The summed E-state index contributed by atoms with van der Waals surface area (Å²) in [6.45, 7) is 2.17. The van der Waals surface area contributed by atoms with Crippen LogP contribution in [0.25, 0.3) is 0 Å². The third kappa shape index (κ3) is 3.07. The Morgan fingerprint density at radius 3 is 2.77 bits per heavy atom. The molecule has 0 heterocycles. The predicted octanol–water partition coefficient (Wildman–Crippen LogP) is 2.46. The van der Waals surface area contributed by atoms with Crippen molar-refractivity contribution in [2.75, 3.05) is 5.73 Å². The van der Waals surface area contributed by atoms with Gasteiger partial charge < -0.3 is 11.5 Å². The molecule has 0 saturated carbocycles. The summed E-state index contributed by atoms with van der Waals surface area (Å²) in [6.07, 6.45) is 3.41. The third-order valence-electron chi connectivity index (χ3n) is 2.21. The van der Waals surface area contributed by atoms with Crippen LogP contribution >= 0.6 is 0 Å². The van der Waals surface area contributed by atoms with E-state index in [-0.39, 0.29) is 6.04 Å². The number of nitrogens with two attached hydrogens (primary N) is 2. The molecule has 2 nitrogen and oxygen atoms in total. The zero-order chi connectivity index (χ0) is 9.68. The van der Waals surface area contributed by atoms with E-state index in [0.717, 1.165) is 17.7 Å². The number of benzene rings is 1. The van der Waals surface area contributed by atoms with Gasteiger partial charge in [-0.15, -0.1) is 0 Å². The molecular formula is C11H18N2. The van der Waals surface area contributed by atoms with Crippen LogP contribution in [0.15, 0.2) is 24.3 Å². The molecule has 1 unspecified atom stereocenters. The second-order valence-electron chi connectivity index (χ2n) is 3.42. The maximum absolute atomic E-state index is 5.99. The molecule has 0 fully saturated rings. The Bertz CT molecular complexity index is 258. The van der Waals surface area contributed by atoms with Gasteiger partial charge in [-0.3, -0.25) is 0 Å². The minimum absolute atomic E-state index is 0.142. The van der Waals surface area contributed by atoms with E-state index >= 15 is 0 Å². The Hall–Kier alpha value is -1.02. The molecule has 1 aromatic carbocycles. The molecule has 4 N–H and O–H groups in total. The number of anilines is 1. The molecule has 0 amide bonds. The Labute approximate surface area is 79.9 Å². The van der Waals surface area contributed by atoms with Crippen LogP contribution in [0, 0.1) is 0 Å². The molecule has 0 aliphatic rings. The number of unbranched alkanes of at least 4 members (excludes halogenated alkanes) is 1. The van der Waals surface area contributed by atoms with Gasteiger partial charge in [-0.2, -0.15) is 0 Å². The number of hydrogen-bond donors (Lipinski definition) is 2. The quantitative estimate of drug-likeness (QED) is 0.696. The molecule has 13 heavy (non-hydrogen) atoms. The van der Waals surface area contributed by atoms with Crippen LogP contribution < -0.4 is 11.5 Å². The topological polar surface area (TPSA) is 52.0 Å². The molecular weight excluding hydrogens is 160 g/mol. The molecule has 1 atom stereocenters. The second-order valence-corrected chi connectivity index (χ2v) is 3.42. The summed E-state index contributed by atoms with van der Waals surface area (Å²) >= 11 is 0. The molecule has 0 radical (unpaired) electrons. The summed E-state index contributed by atoms with van der Waals surface area (Å²) in [5, 5.41) is 0. The smallest absolute Gasteiger partial charge is 0.0317 e. The summed E-state index contributed by atoms with van der Waals surface area (Å²) in [7, 11) is 0. The fraction of sp³-hybridized carbons (Fsp3) is 0.455. The maximum atomic E-state index is 5.99. The molecule has 1 aromatic rings. The summed E-state index contributed by atoms with van der Waals surface area (Å²) in [5.41, 5.74) is 13.6. The highest BCUT2D eigenvalue weighted by molar-refractivity contribution is 5.41. The zero-order valence-electron chi connectivity index (χ0n) is 8.16. The highest BCUT2D eigenvalue weighted by Crippen LogP contribution is 2.18. The summed E-state index contributed by atoms with van der Waals surface area (Å²) in [6, 6.07) is 7.98. The Morgan fingerprint density at radius 1 is 1.38 bits per heavy atom. The SMILES string of the molecule is CCCCC(N)c1cccc(N)c1. The first-order chi connectivity index (χ1) is 6.24. The van der Waals surface area contributed by atoms with Crippen LogP contribution in [-0.2, 0) is 0 Å². The summed E-state index contributed by atoms with van der Waals surface area (Å²) in [4.78, 5) is 0. The van der Waals surface area contributed by atoms with Crippen molar-refractivity contribution in [3.05, 3.63) is 29.8 Å². The zero-order valence-corrected chi connectivity index (χ0v) is 8.16. The van der Waals surface area contributed by atoms with Gasteiger partial charge in [0.15, 0.2) is 0 Å². The molecule has 0 bridgehead atoms. The first-order valence-corrected chi connectivity index (χ1v) is 4.85. The normalized spacial score (nSPS) is 12.8. The van der Waals surface area contributed by atoms with Gasteiger partial charge in [-0.25, -0.2) is 0 Å². The molecule has 0 spiro atoms. The van der Waals surface area contributed by atoms with E-state index in [1.807, 2.05) is 24.3 Å². The van der Waals surface area contributed by atoms with Crippen LogP contribution in [0.5, 0.6) is 0 Å². The van der Waals surface area contributed by atoms with Crippen molar-refractivity contribution in [2.24, 2.45) is 5.73 Å². The van der Waals surface area contributed by atoms with Crippen molar-refractivity contribution in [3.63, 3.8) is 0 Å². The number of rotatable bonds is 4. The minimum Gasteiger partial charge on any atom is -0.399 e. The highest BCUT2D eigenvalue weighted by atomic mass is 14.6. The van der Waals surface area contributed by atoms with Crippen molar-refractivity contribution >= 4 is 5.69 Å². The van der Waals surface area contributed by atoms with Crippen LogP contribution in [0.2, 0.25) is 0 Å². The van der Waals surface area contributed by atoms with Crippen LogP contribution in [0.1, 0.15) is 37.8 Å². The standard InChI is InChI=1S/C11H18N2/c1-2-3-7-11(13)9-5-4-6-10(12)8-9/h4-6,8,11H,2-3,7,12-13H2,1H3. The average molecular weight is 178 g/mol. The first-order valence-electron chi connectivity index (χ1n) is 4.85. The molecule has 0 aliphatic heterocycles. The minimum atomic E-state index is 0.142. The lowest BCUT2D eigenvalue weighted by Crippen LogP contribution is -2.10. The first kappa shape index (κ1) is 10.1. The Morgan fingerprint density at radius 2 is 2.15 bits per heavy atom.